The van der Waals surface area contributed by atoms with E-state index in [1.165, 1.54) is 22.3 Å². The molecule has 4 heteroatoms. The topological polar surface area (TPSA) is 42.5 Å². The monoisotopic (exact) mass is 736 g/mol. The summed E-state index contributed by atoms with van der Waals surface area (Å²) in [5.41, 5.74) is 15.3. The van der Waals surface area contributed by atoms with Crippen LogP contribution in [0.1, 0.15) is 122 Å². The van der Waals surface area contributed by atoms with Gasteiger partial charge >= 0.3 is 0 Å². The first-order valence-corrected chi connectivity index (χ1v) is 20.1. The maximum Gasteiger partial charge on any atom is 0.262 e. The third-order valence-corrected chi connectivity index (χ3v) is 11.6. The summed E-state index contributed by atoms with van der Waals surface area (Å²) in [5.74, 6) is -0.221. The Bertz CT molecular complexity index is 2420. The van der Waals surface area contributed by atoms with Crippen LogP contribution in [-0.2, 0) is 27.4 Å². The van der Waals surface area contributed by atoms with Gasteiger partial charge in [0.2, 0.25) is 0 Å². The van der Waals surface area contributed by atoms with Crippen molar-refractivity contribution in [1.29, 1.82) is 0 Å². The Balaban J connectivity index is 1.43. The van der Waals surface area contributed by atoms with Gasteiger partial charge in [-0.25, -0.2) is 15.0 Å². The summed E-state index contributed by atoms with van der Waals surface area (Å²) in [4.78, 5) is 17.2. The van der Waals surface area contributed by atoms with Crippen LogP contribution >= 0.6 is 0 Å². The first kappa shape index (κ1) is 37.6. The van der Waals surface area contributed by atoms with E-state index in [1.807, 2.05) is 0 Å². The van der Waals surface area contributed by atoms with Crippen molar-refractivity contribution in [2.45, 2.75) is 111 Å². The van der Waals surface area contributed by atoms with Gasteiger partial charge < -0.3 is 0 Å². The molecule has 0 atom stereocenters. The van der Waals surface area contributed by atoms with E-state index in [2.05, 4.69) is 209 Å². The second-order valence-electron chi connectivity index (χ2n) is 19.9. The highest BCUT2D eigenvalue weighted by atomic mass is 15.4. The molecule has 6 aromatic rings. The highest BCUT2D eigenvalue weighted by Crippen LogP contribution is 2.53. The standard InChI is InChI=1S/C52H56N4/c1-48(2,3)37-25-17-33(18-26-37)43-44(34-19-27-38(28-20-34)49(4,5)6)55-52(54-43)42-16-14-13-15-41(42)47-53-45(35-21-29-39(30-22-35)50(7,8)9)46(56(47)52)36-23-31-40(32-24-36)51(10,11)12/h13-32H,1-12H3. The minimum atomic E-state index is -1.10. The first-order valence-electron chi connectivity index (χ1n) is 20.1. The Morgan fingerprint density at radius 2 is 0.768 bits per heavy atom. The van der Waals surface area contributed by atoms with E-state index < -0.39 is 5.79 Å². The van der Waals surface area contributed by atoms with Gasteiger partial charge in [-0.15, -0.1) is 0 Å². The van der Waals surface area contributed by atoms with Crippen molar-refractivity contribution in [3.8, 4) is 33.9 Å². The highest BCUT2D eigenvalue weighted by molar-refractivity contribution is 6.54. The lowest BCUT2D eigenvalue weighted by molar-refractivity contribution is 0.427. The summed E-state index contributed by atoms with van der Waals surface area (Å²) >= 11 is 0. The average molecular weight is 737 g/mol. The number of aliphatic imine (C=N–C) groups is 2. The molecular formula is C52H56N4. The number of hydrogen-bond donors (Lipinski definition) is 0. The van der Waals surface area contributed by atoms with Gasteiger partial charge in [-0.1, -0.05) is 204 Å². The molecule has 1 aromatic heterocycles. The quantitative estimate of drug-likeness (QED) is 0.178. The fraction of sp³-hybridized carbons (Fsp3) is 0.327. The molecule has 0 aliphatic carbocycles. The predicted molar refractivity (Wildman–Crippen MR) is 236 cm³/mol. The fourth-order valence-corrected chi connectivity index (χ4v) is 8.04. The van der Waals surface area contributed by atoms with Gasteiger partial charge in [0, 0.05) is 33.4 Å². The molecule has 0 saturated heterocycles. The minimum absolute atomic E-state index is 0.0237. The van der Waals surface area contributed by atoms with Gasteiger partial charge in [0.05, 0.1) is 22.8 Å². The molecule has 4 nitrogen and oxygen atoms in total. The molecule has 0 fully saturated rings. The Kier molecular flexibility index (Phi) is 8.62. The van der Waals surface area contributed by atoms with Crippen molar-refractivity contribution < 1.29 is 0 Å². The van der Waals surface area contributed by atoms with E-state index >= 15 is 0 Å². The SMILES string of the molecule is CC(C)(C)c1ccc(C2=NC3(N=C2c2ccc(C(C)(C)C)cc2)c2ccccc2-c2nc(-c4ccc(C(C)(C)C)cc4)c(-c4ccc(C(C)(C)C)cc4)n23)cc1. The van der Waals surface area contributed by atoms with E-state index in [1.54, 1.807) is 0 Å². The highest BCUT2D eigenvalue weighted by Gasteiger charge is 2.50. The third-order valence-electron chi connectivity index (χ3n) is 11.6. The van der Waals surface area contributed by atoms with Gasteiger partial charge in [-0.3, -0.25) is 4.57 Å². The van der Waals surface area contributed by atoms with Gasteiger partial charge in [-0.05, 0) is 43.9 Å². The molecule has 0 N–H and O–H groups in total. The van der Waals surface area contributed by atoms with E-state index in [0.29, 0.717) is 0 Å². The first-order chi connectivity index (χ1) is 26.3. The molecule has 3 heterocycles. The molecule has 284 valence electrons. The zero-order chi connectivity index (χ0) is 40.0. The Hall–Kier alpha value is -5.35. The zero-order valence-electron chi connectivity index (χ0n) is 35.3. The lowest BCUT2D eigenvalue weighted by atomic mass is 9.85. The summed E-state index contributed by atoms with van der Waals surface area (Å²) in [6.45, 7) is 27.1. The smallest absolute Gasteiger partial charge is 0.262 e. The molecule has 1 spiro atoms. The molecule has 8 rings (SSSR count). The van der Waals surface area contributed by atoms with Crippen LogP contribution in [0, 0.1) is 0 Å². The van der Waals surface area contributed by atoms with Crippen molar-refractivity contribution >= 4 is 11.4 Å². The molecule has 0 unspecified atom stereocenters. The lowest BCUT2D eigenvalue weighted by Crippen LogP contribution is -2.26. The number of aromatic nitrogens is 2. The van der Waals surface area contributed by atoms with Crippen LogP contribution < -0.4 is 0 Å². The molecule has 2 aliphatic heterocycles. The van der Waals surface area contributed by atoms with Crippen LogP contribution in [0.3, 0.4) is 0 Å². The van der Waals surface area contributed by atoms with Crippen LogP contribution in [0.25, 0.3) is 33.9 Å². The van der Waals surface area contributed by atoms with Gasteiger partial charge in [0.15, 0.2) is 0 Å². The maximum atomic E-state index is 5.83. The van der Waals surface area contributed by atoms with Crippen LogP contribution in [0.15, 0.2) is 131 Å². The normalized spacial score (nSPS) is 15.1. The molecular weight excluding hydrogens is 681 g/mol. The molecule has 0 amide bonds. The summed E-state index contributed by atoms with van der Waals surface area (Å²) in [6, 6.07) is 44.5. The van der Waals surface area contributed by atoms with Crippen molar-refractivity contribution in [2.75, 3.05) is 0 Å². The van der Waals surface area contributed by atoms with Gasteiger partial charge in [0.1, 0.15) is 5.82 Å². The van der Waals surface area contributed by atoms with E-state index in [4.69, 9.17) is 15.0 Å². The van der Waals surface area contributed by atoms with E-state index in [9.17, 15) is 0 Å². The molecule has 0 bridgehead atoms. The number of hydrogen-bond acceptors (Lipinski definition) is 3. The summed E-state index contributed by atoms with van der Waals surface area (Å²) in [7, 11) is 0. The molecule has 56 heavy (non-hydrogen) atoms. The van der Waals surface area contributed by atoms with Crippen molar-refractivity contribution in [3.63, 3.8) is 0 Å². The fourth-order valence-electron chi connectivity index (χ4n) is 8.04. The van der Waals surface area contributed by atoms with Crippen LogP contribution in [0.4, 0.5) is 0 Å². The molecule has 0 saturated carbocycles. The molecule has 0 radical (unpaired) electrons. The summed E-state index contributed by atoms with van der Waals surface area (Å²) in [6.07, 6.45) is 0. The van der Waals surface area contributed by atoms with Crippen molar-refractivity contribution in [1.82, 2.24) is 9.55 Å². The Morgan fingerprint density at radius 1 is 0.411 bits per heavy atom. The summed E-state index contributed by atoms with van der Waals surface area (Å²) in [5, 5.41) is 0. The third kappa shape index (κ3) is 6.37. The number of nitrogens with zero attached hydrogens (tertiary/aromatic N) is 4. The van der Waals surface area contributed by atoms with Crippen LogP contribution in [-0.4, -0.2) is 21.0 Å². The lowest BCUT2D eigenvalue weighted by Gasteiger charge is -2.25. The predicted octanol–water partition coefficient (Wildman–Crippen LogP) is 13.0. The van der Waals surface area contributed by atoms with Gasteiger partial charge in [-0.2, -0.15) is 0 Å². The van der Waals surface area contributed by atoms with Crippen molar-refractivity contribution in [2.24, 2.45) is 9.98 Å². The Morgan fingerprint density at radius 3 is 1.16 bits per heavy atom. The van der Waals surface area contributed by atoms with Crippen LogP contribution in [0.5, 0.6) is 0 Å². The van der Waals surface area contributed by atoms with Crippen molar-refractivity contribution in [3.05, 3.63) is 160 Å². The average Bonchev–Trinajstić information content (AvgIpc) is 3.82. The summed E-state index contributed by atoms with van der Waals surface area (Å²) < 4.78 is 2.33. The zero-order valence-corrected chi connectivity index (χ0v) is 35.3. The molecule has 2 aliphatic rings. The number of rotatable bonds is 4. The maximum absolute atomic E-state index is 5.83. The van der Waals surface area contributed by atoms with Gasteiger partial charge in [0.25, 0.3) is 5.79 Å². The largest absolute Gasteiger partial charge is 0.275 e. The molecule has 5 aromatic carbocycles. The Labute approximate surface area is 334 Å². The van der Waals surface area contributed by atoms with E-state index in [0.717, 1.165) is 62.0 Å². The minimum Gasteiger partial charge on any atom is -0.275 e. The number of imidazole rings is 1. The number of fused-ring (bicyclic) bond motifs is 5. The second-order valence-corrected chi connectivity index (χ2v) is 19.9. The second kappa shape index (κ2) is 12.8. The number of benzene rings is 5. The van der Waals surface area contributed by atoms with E-state index in [-0.39, 0.29) is 21.7 Å². The van der Waals surface area contributed by atoms with Crippen LogP contribution in [0.2, 0.25) is 0 Å².